The predicted molar refractivity (Wildman–Crippen MR) is 114 cm³/mol. The topological polar surface area (TPSA) is 92.5 Å². The molecule has 2 atom stereocenters. The molecule has 0 saturated heterocycles. The molecule has 1 aliphatic rings. The summed E-state index contributed by atoms with van der Waals surface area (Å²) in [5, 5.41) is 8.33. The molecule has 29 heavy (non-hydrogen) atoms. The van der Waals surface area contributed by atoms with Crippen LogP contribution in [0.25, 0.3) is 0 Å². The molecule has 6 nitrogen and oxygen atoms in total. The maximum Gasteiger partial charge on any atom is 0.238 e. The van der Waals surface area contributed by atoms with Gasteiger partial charge in [0.05, 0.1) is 10.9 Å². The molecule has 2 aromatic rings. The van der Waals surface area contributed by atoms with Gasteiger partial charge in [0, 0.05) is 19.0 Å². The van der Waals surface area contributed by atoms with Crippen molar-refractivity contribution >= 4 is 15.9 Å². The van der Waals surface area contributed by atoms with Crippen LogP contribution in [0.4, 0.5) is 0 Å². The molecular formula is C22H29N3O3S. The van der Waals surface area contributed by atoms with Gasteiger partial charge >= 0.3 is 0 Å². The van der Waals surface area contributed by atoms with Gasteiger partial charge < -0.3 is 5.32 Å². The third-order valence-corrected chi connectivity index (χ3v) is 6.68. The minimum atomic E-state index is -3.69. The summed E-state index contributed by atoms with van der Waals surface area (Å²) in [6.07, 6.45) is 3.56. The van der Waals surface area contributed by atoms with Gasteiger partial charge in [0.15, 0.2) is 0 Å². The lowest BCUT2D eigenvalue weighted by molar-refractivity contribution is -0.122. The summed E-state index contributed by atoms with van der Waals surface area (Å²) in [6.45, 7) is 2.64. The number of aryl methyl sites for hydroxylation is 1. The SMILES string of the molecule is CC(c1ccc(S(N)(=O)=O)cc1)N(C)CCC(=O)NC1CCCc2ccccc21. The number of fused-ring (bicyclic) bond motifs is 1. The lowest BCUT2D eigenvalue weighted by Crippen LogP contribution is -2.34. The van der Waals surface area contributed by atoms with Crippen molar-refractivity contribution in [2.75, 3.05) is 13.6 Å². The number of rotatable bonds is 7. The van der Waals surface area contributed by atoms with E-state index < -0.39 is 10.0 Å². The maximum absolute atomic E-state index is 12.5. The molecule has 3 rings (SSSR count). The van der Waals surface area contributed by atoms with Crippen LogP contribution in [-0.2, 0) is 21.2 Å². The summed E-state index contributed by atoms with van der Waals surface area (Å²) >= 11 is 0. The lowest BCUT2D eigenvalue weighted by atomic mass is 9.87. The minimum absolute atomic E-state index is 0.0488. The number of nitrogens with two attached hydrogens (primary N) is 1. The third kappa shape index (κ3) is 5.44. The fourth-order valence-electron chi connectivity index (χ4n) is 3.83. The van der Waals surface area contributed by atoms with Gasteiger partial charge in [-0.2, -0.15) is 0 Å². The first kappa shape index (κ1) is 21.5. The summed E-state index contributed by atoms with van der Waals surface area (Å²) < 4.78 is 22.8. The number of hydrogen-bond donors (Lipinski definition) is 2. The van der Waals surface area contributed by atoms with Crippen LogP contribution in [0.2, 0.25) is 0 Å². The van der Waals surface area contributed by atoms with Gasteiger partial charge in [-0.05, 0) is 62.1 Å². The highest BCUT2D eigenvalue weighted by atomic mass is 32.2. The number of amides is 1. The van der Waals surface area contributed by atoms with Gasteiger partial charge in [0.2, 0.25) is 15.9 Å². The number of nitrogens with one attached hydrogen (secondary N) is 1. The Bertz CT molecular complexity index is 958. The Morgan fingerprint density at radius 1 is 1.21 bits per heavy atom. The Kier molecular flexibility index (Phi) is 6.72. The molecule has 2 aromatic carbocycles. The molecule has 7 heteroatoms. The molecule has 156 valence electrons. The lowest BCUT2D eigenvalue weighted by Gasteiger charge is -2.28. The van der Waals surface area contributed by atoms with Crippen LogP contribution in [0, 0.1) is 0 Å². The first-order valence-electron chi connectivity index (χ1n) is 9.96. The second kappa shape index (κ2) is 9.07. The van der Waals surface area contributed by atoms with Crippen LogP contribution >= 0.6 is 0 Å². The zero-order chi connectivity index (χ0) is 21.0. The van der Waals surface area contributed by atoms with Crippen LogP contribution in [0.15, 0.2) is 53.4 Å². The smallest absolute Gasteiger partial charge is 0.238 e. The molecule has 0 aromatic heterocycles. The van der Waals surface area contributed by atoms with Crippen molar-refractivity contribution in [3.8, 4) is 0 Å². The van der Waals surface area contributed by atoms with Crippen molar-refractivity contribution in [3.05, 3.63) is 65.2 Å². The molecule has 0 radical (unpaired) electrons. The largest absolute Gasteiger partial charge is 0.349 e. The van der Waals surface area contributed by atoms with E-state index in [0.29, 0.717) is 13.0 Å². The van der Waals surface area contributed by atoms with Crippen LogP contribution in [-0.4, -0.2) is 32.8 Å². The van der Waals surface area contributed by atoms with Gasteiger partial charge in [-0.3, -0.25) is 9.69 Å². The van der Waals surface area contributed by atoms with E-state index in [-0.39, 0.29) is 22.9 Å². The normalized spacial score (nSPS) is 17.6. The fraction of sp³-hybridized carbons (Fsp3) is 0.409. The summed E-state index contributed by atoms with van der Waals surface area (Å²) in [5.74, 6) is 0.0512. The van der Waals surface area contributed by atoms with E-state index in [4.69, 9.17) is 5.14 Å². The van der Waals surface area contributed by atoms with Gasteiger partial charge in [0.1, 0.15) is 0 Å². The Morgan fingerprint density at radius 3 is 2.59 bits per heavy atom. The maximum atomic E-state index is 12.5. The molecule has 0 saturated carbocycles. The second-order valence-electron chi connectivity index (χ2n) is 7.73. The molecule has 0 fully saturated rings. The van der Waals surface area contributed by atoms with Crippen LogP contribution in [0.3, 0.4) is 0 Å². The highest BCUT2D eigenvalue weighted by molar-refractivity contribution is 7.89. The summed E-state index contributed by atoms with van der Waals surface area (Å²) in [4.78, 5) is 14.7. The van der Waals surface area contributed by atoms with Gasteiger partial charge in [-0.1, -0.05) is 36.4 Å². The fourth-order valence-corrected chi connectivity index (χ4v) is 4.35. The Labute approximate surface area is 173 Å². The molecule has 0 heterocycles. The summed E-state index contributed by atoms with van der Waals surface area (Å²) in [5.41, 5.74) is 3.54. The Hall–Kier alpha value is -2.22. The quantitative estimate of drug-likeness (QED) is 0.727. The zero-order valence-corrected chi connectivity index (χ0v) is 17.8. The van der Waals surface area contributed by atoms with Gasteiger partial charge in [0.25, 0.3) is 0 Å². The highest BCUT2D eigenvalue weighted by Gasteiger charge is 2.22. The molecule has 0 spiro atoms. The number of primary sulfonamides is 1. The van der Waals surface area contributed by atoms with Gasteiger partial charge in [-0.25, -0.2) is 13.6 Å². The highest BCUT2D eigenvalue weighted by Crippen LogP contribution is 2.29. The average Bonchev–Trinajstić information content (AvgIpc) is 2.71. The third-order valence-electron chi connectivity index (χ3n) is 5.75. The Balaban J connectivity index is 1.54. The van der Waals surface area contributed by atoms with E-state index in [1.54, 1.807) is 12.1 Å². The number of hydrogen-bond acceptors (Lipinski definition) is 4. The summed E-state index contributed by atoms with van der Waals surface area (Å²) in [6, 6.07) is 15.0. The zero-order valence-electron chi connectivity index (χ0n) is 17.0. The number of carbonyl (C=O) groups is 1. The van der Waals surface area contributed by atoms with Gasteiger partial charge in [-0.15, -0.1) is 0 Å². The number of benzene rings is 2. The molecule has 0 aliphatic heterocycles. The molecule has 1 aliphatic carbocycles. The van der Waals surface area contributed by atoms with Crippen molar-refractivity contribution in [1.82, 2.24) is 10.2 Å². The average molecular weight is 416 g/mol. The van der Waals surface area contributed by atoms with Crippen molar-refractivity contribution in [1.29, 1.82) is 0 Å². The van der Waals surface area contributed by atoms with Crippen LogP contribution < -0.4 is 10.5 Å². The number of carbonyl (C=O) groups excluding carboxylic acids is 1. The predicted octanol–water partition coefficient (Wildman–Crippen LogP) is 2.91. The van der Waals surface area contributed by atoms with E-state index in [0.717, 1.165) is 24.8 Å². The van der Waals surface area contributed by atoms with Crippen molar-refractivity contribution in [2.45, 2.75) is 49.6 Å². The molecule has 3 N–H and O–H groups in total. The molecular weight excluding hydrogens is 386 g/mol. The number of sulfonamides is 1. The first-order valence-corrected chi connectivity index (χ1v) is 11.5. The van der Waals surface area contributed by atoms with Crippen molar-refractivity contribution < 1.29 is 13.2 Å². The van der Waals surface area contributed by atoms with E-state index in [2.05, 4.69) is 28.4 Å². The molecule has 1 amide bonds. The molecule has 0 bridgehead atoms. The van der Waals surface area contributed by atoms with E-state index in [1.165, 1.54) is 23.3 Å². The molecule has 2 unspecified atom stereocenters. The minimum Gasteiger partial charge on any atom is -0.349 e. The van der Waals surface area contributed by atoms with Crippen molar-refractivity contribution in [3.63, 3.8) is 0 Å². The Morgan fingerprint density at radius 2 is 1.90 bits per heavy atom. The van der Waals surface area contributed by atoms with Crippen LogP contribution in [0.5, 0.6) is 0 Å². The van der Waals surface area contributed by atoms with Crippen molar-refractivity contribution in [2.24, 2.45) is 5.14 Å². The monoisotopic (exact) mass is 415 g/mol. The second-order valence-corrected chi connectivity index (χ2v) is 9.29. The standard InChI is InChI=1S/C22H29N3O3S/c1-16(17-10-12-19(13-11-17)29(23,27)28)25(2)15-14-22(26)24-21-9-5-7-18-6-3-4-8-20(18)21/h3-4,6,8,10-13,16,21H,5,7,9,14-15H2,1-2H3,(H,24,26)(H2,23,27,28). The first-order chi connectivity index (χ1) is 13.8. The number of nitrogens with zero attached hydrogens (tertiary/aromatic N) is 1. The van der Waals surface area contributed by atoms with Crippen LogP contribution in [0.1, 0.15) is 55.0 Å². The van der Waals surface area contributed by atoms with E-state index in [1.807, 2.05) is 20.0 Å². The summed E-state index contributed by atoms with van der Waals surface area (Å²) in [7, 11) is -1.73. The van der Waals surface area contributed by atoms with E-state index >= 15 is 0 Å². The van der Waals surface area contributed by atoms with E-state index in [9.17, 15) is 13.2 Å².